The van der Waals surface area contributed by atoms with E-state index in [-0.39, 0.29) is 0 Å². The van der Waals surface area contributed by atoms with E-state index in [1.807, 2.05) is 18.3 Å². The second kappa shape index (κ2) is 4.47. The first-order valence-corrected chi connectivity index (χ1v) is 5.79. The Kier molecular flexibility index (Phi) is 3.53. The van der Waals surface area contributed by atoms with Crippen molar-refractivity contribution in [3.63, 3.8) is 0 Å². The zero-order valence-corrected chi connectivity index (χ0v) is 8.62. The summed E-state index contributed by atoms with van der Waals surface area (Å²) in [5.41, 5.74) is 0. The van der Waals surface area contributed by atoms with Crippen molar-refractivity contribution < 1.29 is 13.0 Å². The summed E-state index contributed by atoms with van der Waals surface area (Å²) in [6, 6.07) is 8.20. The van der Waals surface area contributed by atoms with E-state index < -0.39 is 10.3 Å². The molecule has 0 unspecified atom stereocenters. The summed E-state index contributed by atoms with van der Waals surface area (Å²) in [6.45, 7) is 0. The van der Waals surface area contributed by atoms with E-state index in [9.17, 15) is 0 Å². The molecule has 0 saturated carbocycles. The maximum Gasteiger partial charge on any atom is 0.330 e. The predicted molar refractivity (Wildman–Crippen MR) is 55.4 cm³/mol. The van der Waals surface area contributed by atoms with E-state index in [0.29, 0.717) is 0 Å². The lowest BCUT2D eigenvalue weighted by Crippen LogP contribution is -2.08. The van der Waals surface area contributed by atoms with Gasteiger partial charge < -0.3 is 0 Å². The molecule has 0 aliphatic carbocycles. The summed E-state index contributed by atoms with van der Waals surface area (Å²) < 4.78 is 30.5. The van der Waals surface area contributed by atoms with Gasteiger partial charge in [-0.25, -0.2) is 5.14 Å². The molecule has 1 aromatic carbocycles. The average Bonchev–Trinajstić information content (AvgIpc) is 2.47. The molecule has 76 valence electrons. The van der Waals surface area contributed by atoms with Gasteiger partial charge in [0.15, 0.2) is 0 Å². The van der Waals surface area contributed by atoms with Gasteiger partial charge in [-0.3, -0.25) is 4.55 Å². The van der Waals surface area contributed by atoms with Crippen molar-refractivity contribution >= 4 is 31.9 Å². The van der Waals surface area contributed by atoms with E-state index in [1.54, 1.807) is 0 Å². The minimum Gasteiger partial charge on any atom is -0.274 e. The summed E-state index contributed by atoms with van der Waals surface area (Å²) in [6.07, 6.45) is 1.89. The topological polar surface area (TPSA) is 93.3 Å². The lowest BCUT2D eigenvalue weighted by molar-refractivity contribution is 0.485. The number of benzene rings is 1. The van der Waals surface area contributed by atoms with Crippen LogP contribution in [0, 0.1) is 0 Å². The molecule has 0 radical (unpaired) electrons. The number of hydrogen-bond acceptors (Lipinski definition) is 4. The van der Waals surface area contributed by atoms with Crippen LogP contribution in [-0.4, -0.2) is 17.3 Å². The van der Waals surface area contributed by atoms with Crippen LogP contribution in [0.1, 0.15) is 0 Å². The normalized spacial score (nSPS) is 10.7. The first-order valence-electron chi connectivity index (χ1n) is 3.51. The Hall–Kier alpha value is -1.02. The van der Waals surface area contributed by atoms with Crippen molar-refractivity contribution in [3.8, 4) is 0 Å². The van der Waals surface area contributed by atoms with Gasteiger partial charge in [0, 0.05) is 11.6 Å². The standard InChI is InChI=1S/C7H5NS.H3NO3S/c1-2-4-7-6(3-1)5-8-9-7;1-5(2,3)4/h1-5H;(H3,1,2,3,4). The van der Waals surface area contributed by atoms with Crippen LogP contribution < -0.4 is 5.14 Å². The Morgan fingerprint density at radius 2 is 1.93 bits per heavy atom. The third-order valence-corrected chi connectivity index (χ3v) is 2.04. The zero-order valence-electron chi connectivity index (χ0n) is 6.99. The molecule has 0 saturated heterocycles. The zero-order chi connectivity index (χ0) is 10.6. The summed E-state index contributed by atoms with van der Waals surface area (Å²) in [7, 11) is -4.17. The highest BCUT2D eigenvalue weighted by Gasteiger charge is 1.89. The third kappa shape index (κ3) is 4.28. The Morgan fingerprint density at radius 1 is 1.36 bits per heavy atom. The molecule has 0 spiro atoms. The predicted octanol–water partition coefficient (Wildman–Crippen LogP) is 1.04. The maximum absolute atomic E-state index is 8.97. The van der Waals surface area contributed by atoms with Crippen LogP contribution in [0.3, 0.4) is 0 Å². The fraction of sp³-hybridized carbons (Fsp3) is 0. The van der Waals surface area contributed by atoms with E-state index in [1.165, 1.54) is 21.6 Å². The monoisotopic (exact) mass is 232 g/mol. The molecule has 0 amide bonds. The second-order valence-electron chi connectivity index (χ2n) is 2.38. The van der Waals surface area contributed by atoms with Crippen LogP contribution in [0.25, 0.3) is 10.1 Å². The molecule has 0 atom stereocenters. The number of nitrogens with two attached hydrogens (primary N) is 1. The Balaban J connectivity index is 0.000000171. The quantitative estimate of drug-likeness (QED) is 0.664. The van der Waals surface area contributed by atoms with Gasteiger partial charge in [0.25, 0.3) is 0 Å². The van der Waals surface area contributed by atoms with Crippen LogP contribution in [0.15, 0.2) is 30.5 Å². The number of nitrogens with zero attached hydrogens (tertiary/aromatic N) is 1. The molecule has 1 aromatic heterocycles. The fourth-order valence-electron chi connectivity index (χ4n) is 0.810. The minimum atomic E-state index is -4.17. The van der Waals surface area contributed by atoms with E-state index in [4.69, 9.17) is 13.0 Å². The van der Waals surface area contributed by atoms with E-state index >= 15 is 0 Å². The molecule has 0 bridgehead atoms. The van der Waals surface area contributed by atoms with Gasteiger partial charge in [0.05, 0.1) is 4.70 Å². The average molecular weight is 232 g/mol. The Labute approximate surface area is 85.2 Å². The number of fused-ring (bicyclic) bond motifs is 1. The van der Waals surface area contributed by atoms with E-state index in [0.717, 1.165) is 0 Å². The number of hydrogen-bond donors (Lipinski definition) is 2. The maximum atomic E-state index is 8.97. The smallest absolute Gasteiger partial charge is 0.274 e. The molecule has 7 heteroatoms. The van der Waals surface area contributed by atoms with Gasteiger partial charge in [0.1, 0.15) is 0 Å². The van der Waals surface area contributed by atoms with Crippen LogP contribution >= 0.6 is 11.5 Å². The fourth-order valence-corrected chi connectivity index (χ4v) is 1.46. The summed E-state index contributed by atoms with van der Waals surface area (Å²) in [5, 5.41) is 5.12. The molecule has 14 heavy (non-hydrogen) atoms. The Morgan fingerprint density at radius 3 is 2.50 bits per heavy atom. The Bertz CT molecular complexity index is 468. The lowest BCUT2D eigenvalue weighted by Gasteiger charge is -1.80. The highest BCUT2D eigenvalue weighted by atomic mass is 32.2. The van der Waals surface area contributed by atoms with Crippen molar-refractivity contribution in [2.45, 2.75) is 0 Å². The van der Waals surface area contributed by atoms with Crippen molar-refractivity contribution in [1.29, 1.82) is 0 Å². The van der Waals surface area contributed by atoms with Gasteiger partial charge in [-0.2, -0.15) is 12.8 Å². The van der Waals surface area contributed by atoms with Gasteiger partial charge in [-0.15, -0.1) is 0 Å². The molecule has 0 aliphatic heterocycles. The highest BCUT2D eigenvalue weighted by molar-refractivity contribution is 7.83. The van der Waals surface area contributed by atoms with Gasteiger partial charge in [-0.1, -0.05) is 18.2 Å². The van der Waals surface area contributed by atoms with Crippen LogP contribution in [0.4, 0.5) is 0 Å². The molecule has 0 aliphatic rings. The molecule has 0 fully saturated rings. The van der Waals surface area contributed by atoms with Crippen LogP contribution in [0.2, 0.25) is 0 Å². The summed E-state index contributed by atoms with van der Waals surface area (Å²) >= 11 is 1.54. The summed E-state index contributed by atoms with van der Waals surface area (Å²) in [4.78, 5) is 0. The molecule has 1 heterocycles. The minimum absolute atomic E-state index is 1.24. The third-order valence-electron chi connectivity index (χ3n) is 1.26. The van der Waals surface area contributed by atoms with Gasteiger partial charge >= 0.3 is 10.3 Å². The number of rotatable bonds is 0. The van der Waals surface area contributed by atoms with Gasteiger partial charge in [-0.05, 0) is 17.6 Å². The van der Waals surface area contributed by atoms with Crippen LogP contribution in [-0.2, 0) is 10.3 Å². The largest absolute Gasteiger partial charge is 0.330 e. The molecule has 5 nitrogen and oxygen atoms in total. The van der Waals surface area contributed by atoms with E-state index in [2.05, 4.69) is 21.6 Å². The molecule has 2 rings (SSSR count). The van der Waals surface area contributed by atoms with Crippen molar-refractivity contribution in [2.24, 2.45) is 5.14 Å². The molecular formula is C7H8N2O3S2. The summed E-state index contributed by atoms with van der Waals surface area (Å²) in [5.74, 6) is 0. The molecule has 2 aromatic rings. The lowest BCUT2D eigenvalue weighted by atomic mass is 10.3. The highest BCUT2D eigenvalue weighted by Crippen LogP contribution is 2.15. The van der Waals surface area contributed by atoms with Crippen molar-refractivity contribution in [1.82, 2.24) is 4.37 Å². The molecule has 3 N–H and O–H groups in total. The molecular weight excluding hydrogens is 224 g/mol. The number of aromatic nitrogens is 1. The van der Waals surface area contributed by atoms with Gasteiger partial charge in [0.2, 0.25) is 0 Å². The second-order valence-corrected chi connectivity index (χ2v) is 4.24. The SMILES string of the molecule is NS(=O)(=O)O.c1ccc2sncc2c1. The van der Waals surface area contributed by atoms with Crippen molar-refractivity contribution in [2.75, 3.05) is 0 Å². The van der Waals surface area contributed by atoms with Crippen LogP contribution in [0.5, 0.6) is 0 Å². The van der Waals surface area contributed by atoms with Crippen molar-refractivity contribution in [3.05, 3.63) is 30.5 Å². The first kappa shape index (κ1) is 11.1. The first-order chi connectivity index (χ1) is 6.47.